The maximum absolute atomic E-state index is 12.2. The number of hydrogen-bond acceptors (Lipinski definition) is 2. The molecule has 2 aliphatic heterocycles. The third kappa shape index (κ3) is 2.30. The standard InChI is InChI=1S/C20H18Cl2N2O/c1-19(2)14-5-3-4-6-17(14)24-12-18(25)23-20(19,24)10-9-13-7-8-15(21)16(22)11-13/h3-11H,12H2,1-2H3,(H,23,25)/b10-9+/t20-/m0/s1. The number of benzene rings is 2. The number of carbonyl (C=O) groups excluding carboxylic acids is 1. The molecule has 0 unspecified atom stereocenters. The summed E-state index contributed by atoms with van der Waals surface area (Å²) < 4.78 is 0. The van der Waals surface area contributed by atoms with Gasteiger partial charge in [0.25, 0.3) is 0 Å². The average Bonchev–Trinajstić information content (AvgIpc) is 3.01. The summed E-state index contributed by atoms with van der Waals surface area (Å²) in [6, 6.07) is 13.8. The van der Waals surface area contributed by atoms with Gasteiger partial charge in [-0.1, -0.05) is 67.4 Å². The lowest BCUT2D eigenvalue weighted by Crippen LogP contribution is -2.58. The topological polar surface area (TPSA) is 32.3 Å². The minimum absolute atomic E-state index is 0.0290. The van der Waals surface area contributed by atoms with Crippen LogP contribution in [0.5, 0.6) is 0 Å². The van der Waals surface area contributed by atoms with Crippen molar-refractivity contribution in [1.82, 2.24) is 5.32 Å². The number of halogens is 2. The van der Waals surface area contributed by atoms with Crippen LogP contribution in [0.15, 0.2) is 48.5 Å². The summed E-state index contributed by atoms with van der Waals surface area (Å²) in [5.41, 5.74) is 2.40. The summed E-state index contributed by atoms with van der Waals surface area (Å²) in [4.78, 5) is 14.4. The zero-order valence-electron chi connectivity index (χ0n) is 14.0. The van der Waals surface area contributed by atoms with Gasteiger partial charge in [0, 0.05) is 11.1 Å². The van der Waals surface area contributed by atoms with E-state index in [1.807, 2.05) is 30.3 Å². The highest BCUT2D eigenvalue weighted by molar-refractivity contribution is 6.42. The minimum atomic E-state index is -0.597. The summed E-state index contributed by atoms with van der Waals surface area (Å²) in [5, 5.41) is 4.25. The lowest BCUT2D eigenvalue weighted by Gasteiger charge is -2.40. The predicted octanol–water partition coefficient (Wildman–Crippen LogP) is 4.63. The highest BCUT2D eigenvalue weighted by Gasteiger charge is 2.59. The lowest BCUT2D eigenvalue weighted by atomic mass is 9.75. The normalized spacial score (nSPS) is 23.7. The Labute approximate surface area is 157 Å². The molecular formula is C20H18Cl2N2O. The summed E-state index contributed by atoms with van der Waals surface area (Å²) in [5.74, 6) is 0.0290. The maximum atomic E-state index is 12.2. The first-order chi connectivity index (χ1) is 11.8. The van der Waals surface area contributed by atoms with Gasteiger partial charge in [0.1, 0.15) is 5.66 Å². The van der Waals surface area contributed by atoms with Crippen LogP contribution >= 0.6 is 23.2 Å². The Bertz CT molecular complexity index is 906. The van der Waals surface area contributed by atoms with Gasteiger partial charge in [0.15, 0.2) is 0 Å². The van der Waals surface area contributed by atoms with Crippen molar-refractivity contribution < 1.29 is 4.79 Å². The molecule has 2 aliphatic rings. The van der Waals surface area contributed by atoms with E-state index in [-0.39, 0.29) is 11.3 Å². The van der Waals surface area contributed by atoms with E-state index in [0.717, 1.165) is 11.3 Å². The van der Waals surface area contributed by atoms with E-state index < -0.39 is 5.66 Å². The molecule has 1 fully saturated rings. The van der Waals surface area contributed by atoms with Crippen molar-refractivity contribution in [3.8, 4) is 0 Å². The number of nitrogens with zero attached hydrogens (tertiary/aromatic N) is 1. The van der Waals surface area contributed by atoms with Crippen molar-refractivity contribution >= 4 is 40.9 Å². The SMILES string of the molecule is CC1(C)c2ccccc2N2CC(=O)N[C@@]21/C=C/c1ccc(Cl)c(Cl)c1. The van der Waals surface area contributed by atoms with Gasteiger partial charge in [-0.3, -0.25) is 4.79 Å². The van der Waals surface area contributed by atoms with Crippen LogP contribution in [0, 0.1) is 0 Å². The van der Waals surface area contributed by atoms with Crippen molar-refractivity contribution in [2.24, 2.45) is 0 Å². The Kier molecular flexibility index (Phi) is 3.64. The van der Waals surface area contributed by atoms with E-state index in [0.29, 0.717) is 16.6 Å². The number of fused-ring (bicyclic) bond motifs is 3. The fourth-order valence-corrected chi connectivity index (χ4v) is 4.28. The Morgan fingerprint density at radius 1 is 1.12 bits per heavy atom. The van der Waals surface area contributed by atoms with E-state index >= 15 is 0 Å². The molecule has 0 spiro atoms. The monoisotopic (exact) mass is 372 g/mol. The molecule has 1 amide bonds. The molecule has 0 bridgehead atoms. The zero-order chi connectivity index (χ0) is 17.8. The quantitative estimate of drug-likeness (QED) is 0.833. The van der Waals surface area contributed by atoms with Crippen LogP contribution in [0.2, 0.25) is 10.0 Å². The lowest BCUT2D eigenvalue weighted by molar-refractivity contribution is -0.118. The van der Waals surface area contributed by atoms with Gasteiger partial charge in [0.2, 0.25) is 5.91 Å². The third-order valence-electron chi connectivity index (χ3n) is 5.34. The van der Waals surface area contributed by atoms with Crippen LogP contribution in [0.4, 0.5) is 5.69 Å². The van der Waals surface area contributed by atoms with E-state index in [1.165, 1.54) is 5.56 Å². The first kappa shape index (κ1) is 16.5. The number of rotatable bonds is 2. The number of hydrogen-bond donors (Lipinski definition) is 1. The summed E-state index contributed by atoms with van der Waals surface area (Å²) in [6.07, 6.45) is 4.06. The molecule has 0 aliphatic carbocycles. The second-order valence-corrected chi connectivity index (χ2v) is 7.86. The molecule has 4 rings (SSSR count). The van der Waals surface area contributed by atoms with Gasteiger partial charge in [-0.2, -0.15) is 0 Å². The summed E-state index contributed by atoms with van der Waals surface area (Å²) >= 11 is 12.1. The van der Waals surface area contributed by atoms with Crippen LogP contribution in [-0.4, -0.2) is 18.1 Å². The van der Waals surface area contributed by atoms with E-state index in [1.54, 1.807) is 6.07 Å². The van der Waals surface area contributed by atoms with Gasteiger partial charge in [-0.15, -0.1) is 0 Å². The van der Waals surface area contributed by atoms with Crippen molar-refractivity contribution in [3.63, 3.8) is 0 Å². The molecule has 1 saturated heterocycles. The predicted molar refractivity (Wildman–Crippen MR) is 103 cm³/mol. The van der Waals surface area contributed by atoms with Crippen molar-refractivity contribution in [2.75, 3.05) is 11.4 Å². The number of carbonyl (C=O) groups is 1. The number of anilines is 1. The number of para-hydroxylation sites is 1. The molecule has 2 aromatic rings. The summed E-state index contributed by atoms with van der Waals surface area (Å²) in [6.45, 7) is 4.68. The molecule has 5 heteroatoms. The molecule has 2 heterocycles. The van der Waals surface area contributed by atoms with E-state index in [9.17, 15) is 4.79 Å². The van der Waals surface area contributed by atoms with Crippen molar-refractivity contribution in [1.29, 1.82) is 0 Å². The van der Waals surface area contributed by atoms with Crippen LogP contribution in [-0.2, 0) is 10.2 Å². The molecule has 1 N–H and O–H groups in total. The molecular weight excluding hydrogens is 355 g/mol. The number of nitrogens with one attached hydrogen (secondary N) is 1. The van der Waals surface area contributed by atoms with Gasteiger partial charge in [0.05, 0.1) is 16.6 Å². The molecule has 0 aromatic heterocycles. The van der Waals surface area contributed by atoms with Crippen LogP contribution in [0.3, 0.4) is 0 Å². The van der Waals surface area contributed by atoms with Crippen LogP contribution in [0.1, 0.15) is 25.0 Å². The second kappa shape index (κ2) is 5.52. The third-order valence-corrected chi connectivity index (χ3v) is 6.08. The van der Waals surface area contributed by atoms with Crippen molar-refractivity contribution in [2.45, 2.75) is 24.9 Å². The Morgan fingerprint density at radius 3 is 2.64 bits per heavy atom. The highest BCUT2D eigenvalue weighted by atomic mass is 35.5. The molecule has 0 radical (unpaired) electrons. The number of amides is 1. The van der Waals surface area contributed by atoms with Gasteiger partial charge in [-0.05, 0) is 35.4 Å². The first-order valence-corrected chi connectivity index (χ1v) is 8.93. The molecule has 25 heavy (non-hydrogen) atoms. The Hall–Kier alpha value is -1.97. The zero-order valence-corrected chi connectivity index (χ0v) is 15.5. The maximum Gasteiger partial charge on any atom is 0.241 e. The average molecular weight is 373 g/mol. The fourth-order valence-electron chi connectivity index (χ4n) is 3.97. The van der Waals surface area contributed by atoms with Crippen molar-refractivity contribution in [3.05, 3.63) is 69.7 Å². The fraction of sp³-hybridized carbons (Fsp3) is 0.250. The van der Waals surface area contributed by atoms with Crippen LogP contribution in [0.25, 0.3) is 6.08 Å². The van der Waals surface area contributed by atoms with E-state index in [2.05, 4.69) is 42.3 Å². The van der Waals surface area contributed by atoms with Gasteiger partial charge in [-0.25, -0.2) is 0 Å². The molecule has 128 valence electrons. The minimum Gasteiger partial charge on any atom is -0.335 e. The summed E-state index contributed by atoms with van der Waals surface area (Å²) in [7, 11) is 0. The molecule has 3 nitrogen and oxygen atoms in total. The first-order valence-electron chi connectivity index (χ1n) is 8.18. The van der Waals surface area contributed by atoms with E-state index in [4.69, 9.17) is 23.2 Å². The molecule has 2 aromatic carbocycles. The largest absolute Gasteiger partial charge is 0.335 e. The highest BCUT2D eigenvalue weighted by Crippen LogP contribution is 2.52. The van der Waals surface area contributed by atoms with Gasteiger partial charge < -0.3 is 10.2 Å². The smallest absolute Gasteiger partial charge is 0.241 e. The Balaban J connectivity index is 1.82. The molecule has 1 atom stereocenters. The Morgan fingerprint density at radius 2 is 1.88 bits per heavy atom. The van der Waals surface area contributed by atoms with Crippen LogP contribution < -0.4 is 10.2 Å². The van der Waals surface area contributed by atoms with Gasteiger partial charge >= 0.3 is 0 Å². The molecule has 0 saturated carbocycles. The second-order valence-electron chi connectivity index (χ2n) is 7.05.